The molecule has 3 rings (SSSR count). The smallest absolute Gasteiger partial charge is 0.245 e. The second-order valence-corrected chi connectivity index (χ2v) is 9.17. The molecule has 0 spiro atoms. The lowest BCUT2D eigenvalue weighted by Gasteiger charge is -2.25. The highest BCUT2D eigenvalue weighted by Crippen LogP contribution is 2.28. The fourth-order valence-electron chi connectivity index (χ4n) is 4.53. The van der Waals surface area contributed by atoms with E-state index in [1.165, 1.54) is 19.6 Å². The molecule has 8 nitrogen and oxygen atoms in total. The average molecular weight is 501 g/mol. The number of rotatable bonds is 11. The van der Waals surface area contributed by atoms with Crippen molar-refractivity contribution >= 4 is 11.9 Å². The highest BCUT2D eigenvalue weighted by atomic mass is 19.1. The van der Waals surface area contributed by atoms with Gasteiger partial charge in [-0.2, -0.15) is 0 Å². The van der Waals surface area contributed by atoms with Gasteiger partial charge in [0.15, 0.2) is 17.5 Å². The van der Waals surface area contributed by atoms with E-state index in [0.717, 1.165) is 31.2 Å². The van der Waals surface area contributed by atoms with Gasteiger partial charge in [-0.05, 0) is 47.7 Å². The lowest BCUT2D eigenvalue weighted by Crippen LogP contribution is -2.44. The molecule has 1 fully saturated rings. The minimum atomic E-state index is -0.981. The topological polar surface area (TPSA) is 118 Å². The van der Waals surface area contributed by atoms with Gasteiger partial charge in [-0.15, -0.1) is 0 Å². The molecule has 1 aliphatic carbocycles. The maximum absolute atomic E-state index is 13.7. The number of nitrogens with one attached hydrogen (secondary N) is 2. The monoisotopic (exact) mass is 500 g/mol. The number of nitrogens with two attached hydrogens (primary N) is 1. The molecule has 196 valence electrons. The van der Waals surface area contributed by atoms with Crippen LogP contribution in [0.25, 0.3) is 0 Å². The minimum absolute atomic E-state index is 0.00445. The van der Waals surface area contributed by atoms with E-state index in [9.17, 15) is 14.3 Å². The second kappa shape index (κ2) is 13.7. The van der Waals surface area contributed by atoms with Crippen LogP contribution in [0, 0.1) is 11.7 Å². The number of guanidine groups is 1. The average Bonchev–Trinajstić information content (AvgIpc) is 2.88. The molecule has 2 aromatic carbocycles. The standard InChI is InChI=1S/C27H37FN4O4/c1-35-21-10-6-9-19(13-21)16-25(33)32-27(29)31-23(14-18-7-4-3-5-8-18)26(34)30-17-20-11-12-22(28)24(15-20)36-2/h6,9-13,15,18,23,25,33H,3-5,7-8,14,16-17H2,1-2H3,(H,30,34)(H3,29,31,32)/t23-,25?/m1/s1. The predicted molar refractivity (Wildman–Crippen MR) is 137 cm³/mol. The minimum Gasteiger partial charge on any atom is -0.497 e. The molecule has 0 aromatic heterocycles. The summed E-state index contributed by atoms with van der Waals surface area (Å²) >= 11 is 0. The Morgan fingerprint density at radius 3 is 2.64 bits per heavy atom. The van der Waals surface area contributed by atoms with Crippen LogP contribution in [-0.4, -0.2) is 43.5 Å². The van der Waals surface area contributed by atoms with Crippen LogP contribution in [0.15, 0.2) is 47.5 Å². The number of nitrogens with zero attached hydrogens (tertiary/aromatic N) is 1. The van der Waals surface area contributed by atoms with Crippen molar-refractivity contribution in [1.29, 1.82) is 0 Å². The summed E-state index contributed by atoms with van der Waals surface area (Å²) < 4.78 is 23.9. The van der Waals surface area contributed by atoms with Crippen LogP contribution in [0.5, 0.6) is 11.5 Å². The van der Waals surface area contributed by atoms with Crippen LogP contribution in [0.2, 0.25) is 0 Å². The van der Waals surface area contributed by atoms with Gasteiger partial charge in [0.25, 0.3) is 0 Å². The fourth-order valence-corrected chi connectivity index (χ4v) is 4.53. The number of benzene rings is 2. The number of methoxy groups -OCH3 is 2. The lowest BCUT2D eigenvalue weighted by atomic mass is 9.84. The first-order valence-corrected chi connectivity index (χ1v) is 12.4. The summed E-state index contributed by atoms with van der Waals surface area (Å²) in [7, 11) is 2.98. The van der Waals surface area contributed by atoms with Crippen LogP contribution in [0.3, 0.4) is 0 Å². The number of halogens is 1. The van der Waals surface area contributed by atoms with Crippen molar-refractivity contribution in [3.63, 3.8) is 0 Å². The largest absolute Gasteiger partial charge is 0.497 e. The molecule has 2 atom stereocenters. The first kappa shape index (κ1) is 27.3. The van der Waals surface area contributed by atoms with Gasteiger partial charge in [-0.1, -0.05) is 50.3 Å². The van der Waals surface area contributed by atoms with Crippen LogP contribution < -0.4 is 25.8 Å². The molecular weight excluding hydrogens is 463 g/mol. The second-order valence-electron chi connectivity index (χ2n) is 9.17. The lowest BCUT2D eigenvalue weighted by molar-refractivity contribution is -0.122. The Morgan fingerprint density at radius 2 is 1.92 bits per heavy atom. The third-order valence-corrected chi connectivity index (χ3v) is 6.44. The third kappa shape index (κ3) is 8.41. The number of aliphatic imine (C=N–C) groups is 1. The molecule has 1 amide bonds. The molecule has 36 heavy (non-hydrogen) atoms. The number of ether oxygens (including phenoxy) is 2. The van der Waals surface area contributed by atoms with Crippen LogP contribution in [-0.2, 0) is 17.8 Å². The van der Waals surface area contributed by atoms with Gasteiger partial charge >= 0.3 is 0 Å². The van der Waals surface area contributed by atoms with Crippen molar-refractivity contribution in [2.45, 2.75) is 63.8 Å². The molecule has 2 aromatic rings. The zero-order valence-corrected chi connectivity index (χ0v) is 21.0. The van der Waals surface area contributed by atoms with Gasteiger partial charge < -0.3 is 30.9 Å². The molecule has 0 aliphatic heterocycles. The van der Waals surface area contributed by atoms with Crippen molar-refractivity contribution in [2.24, 2.45) is 16.6 Å². The van der Waals surface area contributed by atoms with Gasteiger partial charge in [0.2, 0.25) is 5.91 Å². The van der Waals surface area contributed by atoms with Gasteiger partial charge in [-0.25, -0.2) is 9.38 Å². The summed E-state index contributed by atoms with van der Waals surface area (Å²) in [6.07, 6.45) is 5.50. The number of amides is 1. The third-order valence-electron chi connectivity index (χ3n) is 6.44. The van der Waals surface area contributed by atoms with Crippen LogP contribution in [0.1, 0.15) is 49.7 Å². The molecule has 1 unspecified atom stereocenters. The normalized spacial score (nSPS) is 16.2. The van der Waals surface area contributed by atoms with E-state index in [2.05, 4.69) is 15.6 Å². The summed E-state index contributed by atoms with van der Waals surface area (Å²) in [5.41, 5.74) is 7.68. The molecule has 0 bridgehead atoms. The van der Waals surface area contributed by atoms with E-state index in [-0.39, 0.29) is 24.2 Å². The quantitative estimate of drug-likeness (QED) is 0.214. The van der Waals surface area contributed by atoms with Crippen molar-refractivity contribution in [1.82, 2.24) is 10.6 Å². The Hall–Kier alpha value is -3.33. The Bertz CT molecular complexity index is 1030. The van der Waals surface area contributed by atoms with Crippen molar-refractivity contribution in [3.05, 3.63) is 59.4 Å². The van der Waals surface area contributed by atoms with Crippen molar-refractivity contribution in [3.8, 4) is 11.5 Å². The Labute approximate surface area is 212 Å². The first-order valence-electron chi connectivity index (χ1n) is 12.4. The highest BCUT2D eigenvalue weighted by molar-refractivity contribution is 5.86. The molecule has 1 saturated carbocycles. The van der Waals surface area contributed by atoms with E-state index < -0.39 is 18.1 Å². The summed E-state index contributed by atoms with van der Waals surface area (Å²) in [6.45, 7) is 0.206. The number of aliphatic hydroxyl groups is 1. The van der Waals surface area contributed by atoms with Gasteiger partial charge in [-0.3, -0.25) is 4.79 Å². The molecule has 0 saturated heterocycles. The number of hydrogen-bond acceptors (Lipinski definition) is 5. The Balaban J connectivity index is 1.65. The number of carbonyl (C=O) groups is 1. The zero-order chi connectivity index (χ0) is 25.9. The van der Waals surface area contributed by atoms with E-state index in [4.69, 9.17) is 15.2 Å². The molecule has 5 N–H and O–H groups in total. The summed E-state index contributed by atoms with van der Waals surface area (Å²) in [4.78, 5) is 17.6. The van der Waals surface area contributed by atoms with Gasteiger partial charge in [0, 0.05) is 13.0 Å². The van der Waals surface area contributed by atoms with Gasteiger partial charge in [0.1, 0.15) is 18.0 Å². The molecule has 0 heterocycles. The summed E-state index contributed by atoms with van der Waals surface area (Å²) in [5.74, 6) is 0.486. The van der Waals surface area contributed by atoms with E-state index in [0.29, 0.717) is 30.1 Å². The van der Waals surface area contributed by atoms with Crippen LogP contribution in [0.4, 0.5) is 4.39 Å². The number of aliphatic hydroxyl groups excluding tert-OH is 1. The zero-order valence-electron chi connectivity index (χ0n) is 21.0. The number of carbonyl (C=O) groups excluding carboxylic acids is 1. The number of hydrogen-bond donors (Lipinski definition) is 4. The Kier molecular flexibility index (Phi) is 10.4. The molecule has 9 heteroatoms. The maximum atomic E-state index is 13.7. The summed E-state index contributed by atoms with van der Waals surface area (Å²) in [5, 5.41) is 16.2. The fraction of sp³-hybridized carbons (Fsp3) is 0.481. The van der Waals surface area contributed by atoms with E-state index in [1.807, 2.05) is 24.3 Å². The van der Waals surface area contributed by atoms with Crippen molar-refractivity contribution in [2.75, 3.05) is 14.2 Å². The van der Waals surface area contributed by atoms with Gasteiger partial charge in [0.05, 0.1) is 14.2 Å². The molecule has 1 aliphatic rings. The predicted octanol–water partition coefficient (Wildman–Crippen LogP) is 3.26. The van der Waals surface area contributed by atoms with E-state index in [1.54, 1.807) is 19.2 Å². The summed E-state index contributed by atoms with van der Waals surface area (Å²) in [6, 6.07) is 11.2. The molecule has 0 radical (unpaired) electrons. The molecular formula is C27H37FN4O4. The van der Waals surface area contributed by atoms with E-state index >= 15 is 0 Å². The SMILES string of the molecule is COc1cccc(CC(O)NC(N)=N[C@H](CC2CCCCC2)C(=O)NCc2ccc(F)c(OC)c2)c1. The first-order chi connectivity index (χ1) is 17.4. The highest BCUT2D eigenvalue weighted by Gasteiger charge is 2.25. The Morgan fingerprint density at radius 1 is 1.14 bits per heavy atom. The maximum Gasteiger partial charge on any atom is 0.245 e. The van der Waals surface area contributed by atoms with Crippen molar-refractivity contribution < 1.29 is 23.8 Å². The van der Waals surface area contributed by atoms with Crippen LogP contribution >= 0.6 is 0 Å².